The lowest BCUT2D eigenvalue weighted by Gasteiger charge is -2.59. The van der Waals surface area contributed by atoms with Crippen LogP contribution < -0.4 is 0 Å². The molecule has 2 saturated heterocycles. The molecule has 2 aliphatic rings. The largest absolute Gasteiger partial charge is 0.376 e. The Bertz CT molecular complexity index is 900. The van der Waals surface area contributed by atoms with Gasteiger partial charge in [0.2, 0.25) is 0 Å². The second kappa shape index (κ2) is 9.71. The van der Waals surface area contributed by atoms with Crippen molar-refractivity contribution in [2.45, 2.75) is 84.0 Å². The minimum absolute atomic E-state index is 0.0351. The van der Waals surface area contributed by atoms with Gasteiger partial charge in [0.25, 0.3) is 0 Å². The molecular formula is C29H41NO4. The second-order valence-corrected chi connectivity index (χ2v) is 11.7. The lowest BCUT2D eigenvalue weighted by Crippen LogP contribution is -2.68. The SMILES string of the molecule is CC(ON1C(C)(C)CC2(CC1(C)C)OCC(C)(COCc1ccccc1)CO2)c1ccccc1. The maximum absolute atomic E-state index is 6.58. The zero-order chi connectivity index (χ0) is 24.5. The average Bonchev–Trinajstić information content (AvgIpc) is 2.79. The summed E-state index contributed by atoms with van der Waals surface area (Å²) < 4.78 is 19.1. The Morgan fingerprint density at radius 2 is 1.35 bits per heavy atom. The van der Waals surface area contributed by atoms with Crippen LogP contribution in [0.3, 0.4) is 0 Å². The van der Waals surface area contributed by atoms with Gasteiger partial charge in [-0.15, -0.1) is 0 Å². The molecule has 0 radical (unpaired) electrons. The predicted octanol–water partition coefficient (Wildman–Crippen LogP) is 6.30. The van der Waals surface area contributed by atoms with Crippen molar-refractivity contribution in [3.8, 4) is 0 Å². The zero-order valence-electron chi connectivity index (χ0n) is 21.7. The summed E-state index contributed by atoms with van der Waals surface area (Å²) in [4.78, 5) is 6.58. The van der Waals surface area contributed by atoms with Crippen LogP contribution in [0, 0.1) is 5.41 Å². The van der Waals surface area contributed by atoms with Gasteiger partial charge in [-0.1, -0.05) is 67.6 Å². The average molecular weight is 468 g/mol. The summed E-state index contributed by atoms with van der Waals surface area (Å²) in [6, 6.07) is 20.7. The Morgan fingerprint density at radius 1 is 0.824 bits per heavy atom. The molecule has 5 heteroatoms. The highest BCUT2D eigenvalue weighted by Crippen LogP contribution is 2.49. The van der Waals surface area contributed by atoms with Crippen LogP contribution >= 0.6 is 0 Å². The van der Waals surface area contributed by atoms with Gasteiger partial charge in [-0.2, -0.15) is 5.06 Å². The Hall–Kier alpha value is -1.76. The second-order valence-electron chi connectivity index (χ2n) is 11.7. The number of nitrogens with zero attached hydrogens (tertiary/aromatic N) is 1. The monoisotopic (exact) mass is 467 g/mol. The van der Waals surface area contributed by atoms with Crippen LogP contribution in [-0.2, 0) is 25.7 Å². The molecule has 0 N–H and O–H groups in total. The van der Waals surface area contributed by atoms with E-state index in [4.69, 9.17) is 19.0 Å². The van der Waals surface area contributed by atoms with E-state index in [0.717, 1.165) is 12.8 Å². The van der Waals surface area contributed by atoms with Gasteiger partial charge in [-0.05, 0) is 45.7 Å². The normalized spacial score (nSPS) is 24.1. The standard InChI is InChI=1S/C29H41NO4/c1-23(25-15-11-8-12-16-25)34-30-26(2,3)18-29(19-27(30,4)5)32-21-28(6,22-33-29)20-31-17-24-13-9-7-10-14-24/h7-16,23H,17-22H2,1-6H3. The van der Waals surface area contributed by atoms with Crippen molar-refractivity contribution >= 4 is 0 Å². The van der Waals surface area contributed by atoms with E-state index in [9.17, 15) is 0 Å². The van der Waals surface area contributed by atoms with Crippen molar-refractivity contribution in [1.82, 2.24) is 5.06 Å². The smallest absolute Gasteiger partial charge is 0.171 e. The van der Waals surface area contributed by atoms with Crippen LogP contribution in [-0.4, -0.2) is 41.7 Å². The van der Waals surface area contributed by atoms with Gasteiger partial charge in [-0.3, -0.25) is 4.84 Å². The van der Waals surface area contributed by atoms with Crippen molar-refractivity contribution in [2.75, 3.05) is 19.8 Å². The third-order valence-electron chi connectivity index (χ3n) is 6.97. The van der Waals surface area contributed by atoms with Crippen molar-refractivity contribution in [2.24, 2.45) is 5.41 Å². The first-order valence-electron chi connectivity index (χ1n) is 12.4. The number of hydrogen-bond acceptors (Lipinski definition) is 5. The van der Waals surface area contributed by atoms with Crippen molar-refractivity contribution < 1.29 is 19.0 Å². The molecule has 2 aromatic rings. The number of hydrogen-bond donors (Lipinski definition) is 0. The van der Waals surface area contributed by atoms with Crippen molar-refractivity contribution in [1.29, 1.82) is 0 Å². The first kappa shape index (κ1) is 25.3. The third-order valence-corrected chi connectivity index (χ3v) is 6.97. The minimum Gasteiger partial charge on any atom is -0.376 e. The summed E-state index contributed by atoms with van der Waals surface area (Å²) in [6.07, 6.45) is 1.45. The number of benzene rings is 2. The lowest BCUT2D eigenvalue weighted by atomic mass is 9.77. The first-order chi connectivity index (χ1) is 16.0. The molecule has 4 rings (SSSR count). The number of ether oxygens (including phenoxy) is 3. The molecule has 1 spiro atoms. The molecule has 2 aromatic carbocycles. The molecule has 2 heterocycles. The van der Waals surface area contributed by atoms with Crippen molar-refractivity contribution in [3.63, 3.8) is 0 Å². The van der Waals surface area contributed by atoms with Gasteiger partial charge in [0.1, 0.15) is 6.10 Å². The van der Waals surface area contributed by atoms with Gasteiger partial charge < -0.3 is 14.2 Å². The molecule has 5 nitrogen and oxygen atoms in total. The number of rotatable bonds is 7. The highest BCUT2D eigenvalue weighted by molar-refractivity contribution is 5.17. The predicted molar refractivity (Wildman–Crippen MR) is 134 cm³/mol. The third kappa shape index (κ3) is 5.72. The fourth-order valence-electron chi connectivity index (χ4n) is 5.54. The zero-order valence-corrected chi connectivity index (χ0v) is 21.7. The minimum atomic E-state index is -0.609. The molecule has 1 unspecified atom stereocenters. The van der Waals surface area contributed by atoms with E-state index in [0.29, 0.717) is 26.4 Å². The molecule has 186 valence electrons. The highest BCUT2D eigenvalue weighted by atomic mass is 16.7. The maximum atomic E-state index is 6.58. The Balaban J connectivity index is 1.37. The van der Waals surface area contributed by atoms with Crippen LogP contribution in [0.4, 0.5) is 0 Å². The molecule has 2 aliphatic heterocycles. The summed E-state index contributed by atoms with van der Waals surface area (Å²) in [7, 11) is 0. The van der Waals surface area contributed by atoms with E-state index >= 15 is 0 Å². The van der Waals surface area contributed by atoms with Gasteiger partial charge in [0, 0.05) is 29.3 Å². The topological polar surface area (TPSA) is 40.2 Å². The summed E-state index contributed by atoms with van der Waals surface area (Å²) in [6.45, 7) is 15.6. The van der Waals surface area contributed by atoms with E-state index in [1.165, 1.54) is 11.1 Å². The van der Waals surface area contributed by atoms with Gasteiger partial charge in [0.05, 0.1) is 26.4 Å². The summed E-state index contributed by atoms with van der Waals surface area (Å²) in [5.74, 6) is -0.609. The molecular weight excluding hydrogens is 426 g/mol. The molecule has 2 fully saturated rings. The van der Waals surface area contributed by atoms with E-state index in [1.807, 2.05) is 24.3 Å². The number of hydroxylamine groups is 2. The molecule has 0 aromatic heterocycles. The highest BCUT2D eigenvalue weighted by Gasteiger charge is 2.57. The maximum Gasteiger partial charge on any atom is 0.171 e. The molecule has 0 bridgehead atoms. The first-order valence-corrected chi connectivity index (χ1v) is 12.4. The lowest BCUT2D eigenvalue weighted by molar-refractivity contribution is -0.390. The molecule has 0 amide bonds. The molecule has 0 aliphatic carbocycles. The van der Waals surface area contributed by atoms with Crippen LogP contribution in [0.2, 0.25) is 0 Å². The van der Waals surface area contributed by atoms with E-state index < -0.39 is 5.79 Å². The summed E-state index contributed by atoms with van der Waals surface area (Å²) in [5, 5.41) is 2.17. The van der Waals surface area contributed by atoms with Crippen LogP contribution in [0.15, 0.2) is 60.7 Å². The molecule has 0 saturated carbocycles. The van der Waals surface area contributed by atoms with Gasteiger partial charge in [-0.25, -0.2) is 0 Å². The van der Waals surface area contributed by atoms with E-state index in [2.05, 4.69) is 83.0 Å². The van der Waals surface area contributed by atoms with Crippen LogP contribution in [0.5, 0.6) is 0 Å². The Morgan fingerprint density at radius 3 is 1.91 bits per heavy atom. The van der Waals surface area contributed by atoms with Crippen LogP contribution in [0.25, 0.3) is 0 Å². The molecule has 34 heavy (non-hydrogen) atoms. The van der Waals surface area contributed by atoms with E-state index in [1.54, 1.807) is 0 Å². The van der Waals surface area contributed by atoms with E-state index in [-0.39, 0.29) is 22.6 Å². The van der Waals surface area contributed by atoms with Crippen LogP contribution in [0.1, 0.15) is 71.6 Å². The Labute approximate surface area is 205 Å². The fraction of sp³-hybridized carbons (Fsp3) is 0.586. The fourth-order valence-corrected chi connectivity index (χ4v) is 5.54. The van der Waals surface area contributed by atoms with Crippen molar-refractivity contribution in [3.05, 3.63) is 71.8 Å². The van der Waals surface area contributed by atoms with Gasteiger partial charge >= 0.3 is 0 Å². The Kier molecular flexibility index (Phi) is 7.24. The molecule has 1 atom stereocenters. The quantitative estimate of drug-likeness (QED) is 0.478. The number of piperidine rings is 1. The van der Waals surface area contributed by atoms with Gasteiger partial charge in [0.15, 0.2) is 5.79 Å². The summed E-state index contributed by atoms with van der Waals surface area (Å²) >= 11 is 0. The summed E-state index contributed by atoms with van der Waals surface area (Å²) in [5.41, 5.74) is 1.67.